The summed E-state index contributed by atoms with van der Waals surface area (Å²) in [5.41, 5.74) is 3.80. The van der Waals surface area contributed by atoms with Crippen LogP contribution in [0.3, 0.4) is 0 Å². The SMILES string of the molecule is CCNC(Cc1ccoc1)c1cc(C)ccc1Br. The summed E-state index contributed by atoms with van der Waals surface area (Å²) >= 11 is 3.64. The molecule has 0 fully saturated rings. The average Bonchev–Trinajstić information content (AvgIpc) is 2.85. The van der Waals surface area contributed by atoms with Crippen molar-refractivity contribution in [1.29, 1.82) is 0 Å². The molecule has 0 saturated heterocycles. The molecule has 96 valence electrons. The van der Waals surface area contributed by atoms with Crippen molar-refractivity contribution in [2.24, 2.45) is 0 Å². The summed E-state index contributed by atoms with van der Waals surface area (Å²) in [5, 5.41) is 3.53. The number of hydrogen-bond donors (Lipinski definition) is 1. The molecule has 18 heavy (non-hydrogen) atoms. The summed E-state index contributed by atoms with van der Waals surface area (Å²) in [7, 11) is 0. The molecule has 1 atom stereocenters. The van der Waals surface area contributed by atoms with Gasteiger partial charge < -0.3 is 9.73 Å². The number of aryl methyl sites for hydroxylation is 1. The lowest BCUT2D eigenvalue weighted by Gasteiger charge is -2.19. The molecule has 1 N–H and O–H groups in total. The van der Waals surface area contributed by atoms with Crippen LogP contribution in [-0.2, 0) is 6.42 Å². The molecular formula is C15H18BrNO. The summed E-state index contributed by atoms with van der Waals surface area (Å²) in [6.45, 7) is 5.20. The molecule has 0 aliphatic carbocycles. The maximum Gasteiger partial charge on any atom is 0.0935 e. The van der Waals surface area contributed by atoms with E-state index in [9.17, 15) is 0 Å². The number of benzene rings is 1. The molecule has 2 rings (SSSR count). The zero-order valence-corrected chi connectivity index (χ0v) is 12.3. The molecule has 1 aromatic carbocycles. The lowest BCUT2D eigenvalue weighted by Crippen LogP contribution is -2.23. The monoisotopic (exact) mass is 307 g/mol. The van der Waals surface area contributed by atoms with Crippen LogP contribution in [0.1, 0.15) is 29.7 Å². The summed E-state index contributed by atoms with van der Waals surface area (Å²) in [6, 6.07) is 8.80. The first-order valence-corrected chi connectivity index (χ1v) is 7.00. The molecule has 2 aromatic rings. The first-order chi connectivity index (χ1) is 8.70. The van der Waals surface area contributed by atoms with Gasteiger partial charge in [0.25, 0.3) is 0 Å². The van der Waals surface area contributed by atoms with E-state index < -0.39 is 0 Å². The molecule has 0 radical (unpaired) electrons. The van der Waals surface area contributed by atoms with Gasteiger partial charge in [-0.3, -0.25) is 0 Å². The molecule has 0 amide bonds. The largest absolute Gasteiger partial charge is 0.472 e. The Balaban J connectivity index is 2.26. The third-order valence-corrected chi connectivity index (χ3v) is 3.72. The van der Waals surface area contributed by atoms with Gasteiger partial charge in [-0.05, 0) is 43.1 Å². The molecule has 1 aromatic heterocycles. The van der Waals surface area contributed by atoms with Gasteiger partial charge in [-0.15, -0.1) is 0 Å². The van der Waals surface area contributed by atoms with Gasteiger partial charge in [0.1, 0.15) is 0 Å². The first-order valence-electron chi connectivity index (χ1n) is 6.21. The Morgan fingerprint density at radius 3 is 2.83 bits per heavy atom. The van der Waals surface area contributed by atoms with Crippen molar-refractivity contribution in [3.05, 3.63) is 58.0 Å². The lowest BCUT2D eigenvalue weighted by molar-refractivity contribution is 0.533. The molecule has 0 spiro atoms. The van der Waals surface area contributed by atoms with Crippen LogP contribution in [0.5, 0.6) is 0 Å². The first kappa shape index (κ1) is 13.4. The topological polar surface area (TPSA) is 25.2 Å². The highest BCUT2D eigenvalue weighted by atomic mass is 79.9. The van der Waals surface area contributed by atoms with Crippen LogP contribution in [0.2, 0.25) is 0 Å². The Hall–Kier alpha value is -1.06. The Morgan fingerprint density at radius 2 is 2.17 bits per heavy atom. The highest BCUT2D eigenvalue weighted by Crippen LogP contribution is 2.27. The predicted molar refractivity (Wildman–Crippen MR) is 77.7 cm³/mol. The van der Waals surface area contributed by atoms with E-state index in [0.717, 1.165) is 17.4 Å². The van der Waals surface area contributed by atoms with Crippen molar-refractivity contribution in [2.75, 3.05) is 6.54 Å². The molecular weight excluding hydrogens is 290 g/mol. The van der Waals surface area contributed by atoms with Gasteiger partial charge in [0, 0.05) is 10.5 Å². The minimum absolute atomic E-state index is 0.307. The van der Waals surface area contributed by atoms with Gasteiger partial charge in [-0.1, -0.05) is 40.5 Å². The van der Waals surface area contributed by atoms with Gasteiger partial charge in [-0.2, -0.15) is 0 Å². The fourth-order valence-corrected chi connectivity index (χ4v) is 2.64. The standard InChI is InChI=1S/C15H18BrNO/c1-3-17-15(9-12-6-7-18-10-12)13-8-11(2)4-5-14(13)16/h4-8,10,15,17H,3,9H2,1-2H3. The van der Waals surface area contributed by atoms with Crippen LogP contribution >= 0.6 is 15.9 Å². The molecule has 0 saturated carbocycles. The van der Waals surface area contributed by atoms with E-state index >= 15 is 0 Å². The van der Waals surface area contributed by atoms with Crippen LogP contribution < -0.4 is 5.32 Å². The Labute approximate surface area is 117 Å². The molecule has 0 aliphatic heterocycles. The van der Waals surface area contributed by atoms with Crippen LogP contribution in [0.25, 0.3) is 0 Å². The second kappa shape index (κ2) is 6.21. The normalized spacial score (nSPS) is 12.6. The van der Waals surface area contributed by atoms with E-state index in [1.165, 1.54) is 16.7 Å². The van der Waals surface area contributed by atoms with E-state index in [-0.39, 0.29) is 0 Å². The van der Waals surface area contributed by atoms with Crippen molar-refractivity contribution in [2.45, 2.75) is 26.3 Å². The number of rotatable bonds is 5. The minimum atomic E-state index is 0.307. The lowest BCUT2D eigenvalue weighted by atomic mass is 9.99. The van der Waals surface area contributed by atoms with E-state index in [2.05, 4.69) is 53.3 Å². The second-order valence-corrected chi connectivity index (χ2v) is 5.33. The molecule has 1 heterocycles. The van der Waals surface area contributed by atoms with Gasteiger partial charge in [0.05, 0.1) is 12.5 Å². The van der Waals surface area contributed by atoms with Crippen LogP contribution in [0.4, 0.5) is 0 Å². The average molecular weight is 308 g/mol. The zero-order chi connectivity index (χ0) is 13.0. The van der Waals surface area contributed by atoms with Crippen LogP contribution in [-0.4, -0.2) is 6.54 Å². The molecule has 3 heteroatoms. The summed E-state index contributed by atoms with van der Waals surface area (Å²) in [5.74, 6) is 0. The van der Waals surface area contributed by atoms with Gasteiger partial charge in [-0.25, -0.2) is 0 Å². The number of nitrogens with one attached hydrogen (secondary N) is 1. The highest BCUT2D eigenvalue weighted by Gasteiger charge is 2.14. The van der Waals surface area contributed by atoms with E-state index in [1.807, 2.05) is 12.3 Å². The van der Waals surface area contributed by atoms with Crippen molar-refractivity contribution in [3.8, 4) is 0 Å². The zero-order valence-electron chi connectivity index (χ0n) is 10.7. The summed E-state index contributed by atoms with van der Waals surface area (Å²) < 4.78 is 6.30. The highest BCUT2D eigenvalue weighted by molar-refractivity contribution is 9.10. The Bertz CT molecular complexity index is 493. The third kappa shape index (κ3) is 3.24. The second-order valence-electron chi connectivity index (χ2n) is 4.47. The number of halogens is 1. The maximum atomic E-state index is 5.14. The third-order valence-electron chi connectivity index (χ3n) is 3.00. The molecule has 1 unspecified atom stereocenters. The van der Waals surface area contributed by atoms with Gasteiger partial charge in [0.2, 0.25) is 0 Å². The van der Waals surface area contributed by atoms with E-state index in [4.69, 9.17) is 4.42 Å². The number of furan rings is 1. The number of likely N-dealkylation sites (N-methyl/N-ethyl adjacent to an activating group) is 1. The van der Waals surface area contributed by atoms with Gasteiger partial charge >= 0.3 is 0 Å². The Kier molecular flexibility index (Phi) is 4.61. The van der Waals surface area contributed by atoms with Crippen LogP contribution in [0, 0.1) is 6.92 Å². The molecule has 0 bridgehead atoms. The van der Waals surface area contributed by atoms with Crippen molar-refractivity contribution >= 4 is 15.9 Å². The fourth-order valence-electron chi connectivity index (χ4n) is 2.11. The quantitative estimate of drug-likeness (QED) is 0.893. The van der Waals surface area contributed by atoms with Crippen molar-refractivity contribution in [3.63, 3.8) is 0 Å². The summed E-state index contributed by atoms with van der Waals surface area (Å²) in [4.78, 5) is 0. The summed E-state index contributed by atoms with van der Waals surface area (Å²) in [6.07, 6.45) is 4.48. The molecule has 2 nitrogen and oxygen atoms in total. The van der Waals surface area contributed by atoms with Crippen LogP contribution in [0.15, 0.2) is 45.7 Å². The van der Waals surface area contributed by atoms with Crippen molar-refractivity contribution in [1.82, 2.24) is 5.32 Å². The molecule has 0 aliphatic rings. The Morgan fingerprint density at radius 1 is 1.33 bits per heavy atom. The fraction of sp³-hybridized carbons (Fsp3) is 0.333. The predicted octanol–water partition coefficient (Wildman–Crippen LogP) is 4.24. The maximum absolute atomic E-state index is 5.14. The minimum Gasteiger partial charge on any atom is -0.472 e. The number of hydrogen-bond acceptors (Lipinski definition) is 2. The van der Waals surface area contributed by atoms with Gasteiger partial charge in [0.15, 0.2) is 0 Å². The van der Waals surface area contributed by atoms with E-state index in [0.29, 0.717) is 6.04 Å². The van der Waals surface area contributed by atoms with E-state index in [1.54, 1.807) is 6.26 Å². The van der Waals surface area contributed by atoms with Crippen molar-refractivity contribution < 1.29 is 4.42 Å². The smallest absolute Gasteiger partial charge is 0.0935 e.